The average Bonchev–Trinajstić information content (AvgIpc) is 2.79. The lowest BCUT2D eigenvalue weighted by Gasteiger charge is -2.34. The highest BCUT2D eigenvalue weighted by Crippen LogP contribution is 2.26. The van der Waals surface area contributed by atoms with Crippen LogP contribution in [0.15, 0.2) is 48.5 Å². The van der Waals surface area contributed by atoms with Gasteiger partial charge in [-0.05, 0) is 49.2 Å². The van der Waals surface area contributed by atoms with Crippen LogP contribution in [0.2, 0.25) is 0 Å². The SMILES string of the molecule is COc1cc(CN2CCC(C(=O)N(CCO)Cc3ccccc3)CC2)cc(OC)c1. The van der Waals surface area contributed by atoms with Crippen molar-refractivity contribution in [1.29, 1.82) is 0 Å². The minimum absolute atomic E-state index is 0.0105. The lowest BCUT2D eigenvalue weighted by atomic mass is 9.94. The summed E-state index contributed by atoms with van der Waals surface area (Å²) >= 11 is 0. The summed E-state index contributed by atoms with van der Waals surface area (Å²) in [5, 5.41) is 9.43. The third-order valence-corrected chi connectivity index (χ3v) is 5.65. The fourth-order valence-corrected chi connectivity index (χ4v) is 4.00. The molecule has 1 heterocycles. The number of carbonyl (C=O) groups excluding carboxylic acids is 1. The van der Waals surface area contributed by atoms with Gasteiger partial charge >= 0.3 is 0 Å². The van der Waals surface area contributed by atoms with E-state index in [1.54, 1.807) is 19.1 Å². The van der Waals surface area contributed by atoms with Gasteiger partial charge in [0.05, 0.1) is 20.8 Å². The van der Waals surface area contributed by atoms with Gasteiger partial charge in [0.15, 0.2) is 0 Å². The lowest BCUT2D eigenvalue weighted by Crippen LogP contribution is -2.43. The van der Waals surface area contributed by atoms with E-state index in [2.05, 4.69) is 4.90 Å². The highest BCUT2D eigenvalue weighted by atomic mass is 16.5. The van der Waals surface area contributed by atoms with E-state index >= 15 is 0 Å². The molecule has 2 aromatic carbocycles. The van der Waals surface area contributed by atoms with Crippen molar-refractivity contribution < 1.29 is 19.4 Å². The second-order valence-corrected chi connectivity index (χ2v) is 7.74. The minimum atomic E-state index is -0.0188. The Bertz CT molecular complexity index is 782. The number of methoxy groups -OCH3 is 2. The van der Waals surface area contributed by atoms with Gasteiger partial charge in [-0.25, -0.2) is 0 Å². The molecule has 0 aromatic heterocycles. The van der Waals surface area contributed by atoms with Crippen LogP contribution in [0.1, 0.15) is 24.0 Å². The standard InChI is InChI=1S/C24H32N2O4/c1-29-22-14-20(15-23(16-22)30-2)17-25-10-8-21(9-11-25)24(28)26(12-13-27)18-19-6-4-3-5-7-19/h3-7,14-16,21,27H,8-13,17-18H2,1-2H3. The van der Waals surface area contributed by atoms with Crippen LogP contribution >= 0.6 is 0 Å². The number of ether oxygens (including phenoxy) is 2. The molecular formula is C24H32N2O4. The van der Waals surface area contributed by atoms with Gasteiger partial charge < -0.3 is 19.5 Å². The second kappa shape index (κ2) is 11.0. The number of hydrogen-bond acceptors (Lipinski definition) is 5. The number of benzene rings is 2. The molecule has 1 fully saturated rings. The van der Waals surface area contributed by atoms with Gasteiger partial charge in [0.25, 0.3) is 0 Å². The molecule has 1 saturated heterocycles. The number of nitrogens with zero attached hydrogens (tertiary/aromatic N) is 2. The van der Waals surface area contributed by atoms with Crippen LogP contribution in [0, 0.1) is 5.92 Å². The van der Waals surface area contributed by atoms with Crippen molar-refractivity contribution in [3.05, 3.63) is 59.7 Å². The average molecular weight is 413 g/mol. The van der Waals surface area contributed by atoms with Gasteiger partial charge in [-0.2, -0.15) is 0 Å². The fourth-order valence-electron chi connectivity index (χ4n) is 4.00. The van der Waals surface area contributed by atoms with E-state index in [0.717, 1.165) is 55.1 Å². The maximum Gasteiger partial charge on any atom is 0.226 e. The van der Waals surface area contributed by atoms with Gasteiger partial charge in [0.1, 0.15) is 11.5 Å². The van der Waals surface area contributed by atoms with E-state index in [-0.39, 0.29) is 18.4 Å². The molecule has 2 aromatic rings. The Morgan fingerprint density at radius 3 is 2.23 bits per heavy atom. The van der Waals surface area contributed by atoms with Crippen molar-refractivity contribution in [2.75, 3.05) is 40.5 Å². The Morgan fingerprint density at radius 2 is 1.67 bits per heavy atom. The molecule has 6 nitrogen and oxygen atoms in total. The Balaban J connectivity index is 1.56. The Hall–Kier alpha value is -2.57. The number of hydrogen-bond donors (Lipinski definition) is 1. The van der Waals surface area contributed by atoms with E-state index < -0.39 is 0 Å². The summed E-state index contributed by atoms with van der Waals surface area (Å²) in [6.45, 7) is 3.44. The molecule has 0 spiro atoms. The third-order valence-electron chi connectivity index (χ3n) is 5.65. The zero-order valence-corrected chi connectivity index (χ0v) is 17.9. The largest absolute Gasteiger partial charge is 0.497 e. The quantitative estimate of drug-likeness (QED) is 0.686. The first-order valence-electron chi connectivity index (χ1n) is 10.5. The lowest BCUT2D eigenvalue weighted by molar-refractivity contribution is -0.138. The van der Waals surface area contributed by atoms with E-state index in [1.807, 2.05) is 48.5 Å². The summed E-state index contributed by atoms with van der Waals surface area (Å²) in [6, 6.07) is 15.9. The molecule has 1 aliphatic rings. The van der Waals surface area contributed by atoms with Crippen molar-refractivity contribution in [2.45, 2.75) is 25.9 Å². The van der Waals surface area contributed by atoms with E-state index in [1.165, 1.54) is 0 Å². The molecule has 3 rings (SSSR count). The van der Waals surface area contributed by atoms with Crippen molar-refractivity contribution in [3.63, 3.8) is 0 Å². The summed E-state index contributed by atoms with van der Waals surface area (Å²) in [6.07, 6.45) is 1.66. The maximum atomic E-state index is 13.1. The first kappa shape index (κ1) is 22.1. The Kier molecular flexibility index (Phi) is 8.11. The molecule has 162 valence electrons. The van der Waals surface area contributed by atoms with Crippen LogP contribution in [0.25, 0.3) is 0 Å². The van der Waals surface area contributed by atoms with E-state index in [0.29, 0.717) is 13.1 Å². The summed E-state index contributed by atoms with van der Waals surface area (Å²) in [5.74, 6) is 1.73. The normalized spacial score (nSPS) is 15.0. The molecule has 0 radical (unpaired) electrons. The minimum Gasteiger partial charge on any atom is -0.497 e. The van der Waals surface area contributed by atoms with Crippen molar-refractivity contribution in [3.8, 4) is 11.5 Å². The second-order valence-electron chi connectivity index (χ2n) is 7.74. The Morgan fingerprint density at radius 1 is 1.03 bits per heavy atom. The topological polar surface area (TPSA) is 62.2 Å². The van der Waals surface area contributed by atoms with Crippen LogP contribution in [0.4, 0.5) is 0 Å². The number of amides is 1. The molecule has 1 amide bonds. The molecular weight excluding hydrogens is 380 g/mol. The van der Waals surface area contributed by atoms with Crippen LogP contribution in [-0.2, 0) is 17.9 Å². The van der Waals surface area contributed by atoms with Crippen LogP contribution < -0.4 is 9.47 Å². The molecule has 1 aliphatic heterocycles. The van der Waals surface area contributed by atoms with Gasteiger partial charge in [0.2, 0.25) is 5.91 Å². The monoisotopic (exact) mass is 412 g/mol. The molecule has 0 bridgehead atoms. The third kappa shape index (κ3) is 5.97. The van der Waals surface area contributed by atoms with Gasteiger partial charge in [0, 0.05) is 31.6 Å². The molecule has 6 heteroatoms. The fraction of sp³-hybridized carbons (Fsp3) is 0.458. The van der Waals surface area contributed by atoms with Crippen molar-refractivity contribution >= 4 is 5.91 Å². The van der Waals surface area contributed by atoms with Crippen molar-refractivity contribution in [1.82, 2.24) is 9.80 Å². The predicted molar refractivity (Wildman–Crippen MR) is 116 cm³/mol. The number of carbonyl (C=O) groups is 1. The smallest absolute Gasteiger partial charge is 0.226 e. The first-order valence-corrected chi connectivity index (χ1v) is 10.5. The van der Waals surface area contributed by atoms with E-state index in [9.17, 15) is 9.90 Å². The summed E-state index contributed by atoms with van der Waals surface area (Å²) in [5.41, 5.74) is 2.23. The highest BCUT2D eigenvalue weighted by Gasteiger charge is 2.28. The van der Waals surface area contributed by atoms with Gasteiger partial charge in [-0.15, -0.1) is 0 Å². The molecule has 30 heavy (non-hydrogen) atoms. The van der Waals surface area contributed by atoms with E-state index in [4.69, 9.17) is 9.47 Å². The van der Waals surface area contributed by atoms with Crippen LogP contribution in [0.5, 0.6) is 11.5 Å². The summed E-state index contributed by atoms with van der Waals surface area (Å²) < 4.78 is 10.7. The van der Waals surface area contributed by atoms with Crippen LogP contribution in [-0.4, -0.2) is 61.3 Å². The number of rotatable bonds is 9. The number of aliphatic hydroxyl groups is 1. The van der Waals surface area contributed by atoms with Crippen molar-refractivity contribution in [2.24, 2.45) is 5.92 Å². The highest BCUT2D eigenvalue weighted by molar-refractivity contribution is 5.79. The number of likely N-dealkylation sites (tertiary alicyclic amines) is 1. The molecule has 0 unspecified atom stereocenters. The molecule has 1 N–H and O–H groups in total. The van der Waals surface area contributed by atoms with Gasteiger partial charge in [-0.3, -0.25) is 9.69 Å². The zero-order chi connectivity index (χ0) is 21.3. The first-order chi connectivity index (χ1) is 14.6. The summed E-state index contributed by atoms with van der Waals surface area (Å²) in [4.78, 5) is 17.2. The molecule has 0 saturated carbocycles. The number of aliphatic hydroxyl groups excluding tert-OH is 1. The van der Waals surface area contributed by atoms with Gasteiger partial charge in [-0.1, -0.05) is 30.3 Å². The molecule has 0 aliphatic carbocycles. The molecule has 0 atom stereocenters. The Labute approximate surface area is 179 Å². The zero-order valence-electron chi connectivity index (χ0n) is 17.9. The number of piperidine rings is 1. The summed E-state index contributed by atoms with van der Waals surface area (Å²) in [7, 11) is 3.31. The van der Waals surface area contributed by atoms with Crippen LogP contribution in [0.3, 0.4) is 0 Å². The maximum absolute atomic E-state index is 13.1. The predicted octanol–water partition coefficient (Wildman–Crippen LogP) is 2.94.